The van der Waals surface area contributed by atoms with E-state index >= 15 is 4.39 Å². The van der Waals surface area contributed by atoms with Crippen molar-refractivity contribution in [2.24, 2.45) is 0 Å². The van der Waals surface area contributed by atoms with Gasteiger partial charge in [-0.3, -0.25) is 4.79 Å². The minimum absolute atomic E-state index is 0.0805. The molecule has 6 rings (SSSR count). The molecule has 2 aromatic heterocycles. The lowest BCUT2D eigenvalue weighted by atomic mass is 9.95. The van der Waals surface area contributed by atoms with E-state index in [1.807, 2.05) is 0 Å². The number of anilines is 1. The normalized spacial score (nSPS) is 17.4. The SMILES string of the molecule is C=CC(=O)N1CCN(c2nc(=O)n(-c3c(C4COC4)cccc3S(C)(=O)=O)c3nc(-c4cc(F)ccc4C(F)(F)F)c(F)cc23)[C@@H](C)C1. The lowest BCUT2D eigenvalue weighted by Gasteiger charge is -2.40. The summed E-state index contributed by atoms with van der Waals surface area (Å²) < 4.78 is 105. The fourth-order valence-corrected chi connectivity index (χ4v) is 6.98. The molecule has 0 bridgehead atoms. The van der Waals surface area contributed by atoms with Gasteiger partial charge in [0.2, 0.25) is 5.91 Å². The van der Waals surface area contributed by atoms with E-state index in [0.717, 1.165) is 23.0 Å². The fraction of sp³-hybridized carbons (Fsp3) is 0.312. The van der Waals surface area contributed by atoms with E-state index in [0.29, 0.717) is 23.8 Å². The summed E-state index contributed by atoms with van der Waals surface area (Å²) in [5.41, 5.74) is -4.47. The quantitative estimate of drug-likeness (QED) is 0.215. The van der Waals surface area contributed by atoms with Crippen LogP contribution in [0.15, 0.2) is 64.8 Å². The van der Waals surface area contributed by atoms with Crippen molar-refractivity contribution < 1.29 is 39.9 Å². The number of sulfone groups is 1. The van der Waals surface area contributed by atoms with Gasteiger partial charge < -0.3 is 14.5 Å². The number of alkyl halides is 3. The molecule has 48 heavy (non-hydrogen) atoms. The van der Waals surface area contributed by atoms with E-state index in [4.69, 9.17) is 4.74 Å². The van der Waals surface area contributed by atoms with Crippen LogP contribution in [0.4, 0.5) is 27.8 Å². The largest absolute Gasteiger partial charge is 0.417 e. The second kappa shape index (κ2) is 12.1. The minimum Gasteiger partial charge on any atom is -0.380 e. The van der Waals surface area contributed by atoms with Crippen molar-refractivity contribution >= 4 is 32.6 Å². The van der Waals surface area contributed by atoms with E-state index in [9.17, 15) is 35.6 Å². The summed E-state index contributed by atoms with van der Waals surface area (Å²) in [6.07, 6.45) is -2.95. The molecule has 252 valence electrons. The molecule has 0 spiro atoms. The lowest BCUT2D eigenvalue weighted by Crippen LogP contribution is -2.54. The highest BCUT2D eigenvalue weighted by atomic mass is 32.2. The van der Waals surface area contributed by atoms with Crippen molar-refractivity contribution in [1.29, 1.82) is 0 Å². The Balaban J connectivity index is 1.70. The summed E-state index contributed by atoms with van der Waals surface area (Å²) in [4.78, 5) is 37.8. The second-order valence-electron chi connectivity index (χ2n) is 11.7. The maximum Gasteiger partial charge on any atom is 0.417 e. The predicted molar refractivity (Wildman–Crippen MR) is 166 cm³/mol. The molecule has 2 fully saturated rings. The number of hydrogen-bond donors (Lipinski definition) is 0. The maximum absolute atomic E-state index is 16.1. The van der Waals surface area contributed by atoms with Crippen molar-refractivity contribution in [3.63, 3.8) is 0 Å². The van der Waals surface area contributed by atoms with Crippen molar-refractivity contribution in [2.75, 3.05) is 44.0 Å². The molecule has 1 atom stereocenters. The van der Waals surface area contributed by atoms with E-state index in [1.165, 1.54) is 17.0 Å². The Morgan fingerprint density at radius 3 is 2.42 bits per heavy atom. The average molecular weight is 690 g/mol. The topological polar surface area (TPSA) is 115 Å². The molecule has 2 aromatic carbocycles. The van der Waals surface area contributed by atoms with Gasteiger partial charge in [0.05, 0.1) is 34.7 Å². The van der Waals surface area contributed by atoms with Gasteiger partial charge in [-0.15, -0.1) is 0 Å². The van der Waals surface area contributed by atoms with Crippen LogP contribution in [0.3, 0.4) is 0 Å². The molecular formula is C32H28F5N5O5S. The van der Waals surface area contributed by atoms with E-state index in [1.54, 1.807) is 17.9 Å². The van der Waals surface area contributed by atoms with E-state index < -0.39 is 61.8 Å². The lowest BCUT2D eigenvalue weighted by molar-refractivity contribution is -0.137. The Labute approximate surface area is 271 Å². The van der Waals surface area contributed by atoms with Gasteiger partial charge in [-0.1, -0.05) is 18.7 Å². The number of pyridine rings is 1. The Morgan fingerprint density at radius 1 is 1.08 bits per heavy atom. The minimum atomic E-state index is -5.03. The number of para-hydroxylation sites is 1. The van der Waals surface area contributed by atoms with Crippen LogP contribution in [0, 0.1) is 11.6 Å². The molecule has 0 N–H and O–H groups in total. The second-order valence-corrected chi connectivity index (χ2v) is 13.6. The summed E-state index contributed by atoms with van der Waals surface area (Å²) in [7, 11) is -4.05. The van der Waals surface area contributed by atoms with Crippen molar-refractivity contribution in [1.82, 2.24) is 19.4 Å². The fourth-order valence-electron chi connectivity index (χ4n) is 6.10. The van der Waals surface area contributed by atoms with Crippen LogP contribution in [0.5, 0.6) is 0 Å². The first-order chi connectivity index (χ1) is 22.6. The zero-order valence-electron chi connectivity index (χ0n) is 25.6. The number of rotatable bonds is 6. The van der Waals surface area contributed by atoms with Gasteiger partial charge in [0.1, 0.15) is 23.1 Å². The molecule has 2 aliphatic rings. The Hall–Kier alpha value is -4.70. The molecule has 2 aliphatic heterocycles. The number of piperazine rings is 1. The zero-order valence-corrected chi connectivity index (χ0v) is 26.4. The Kier molecular flexibility index (Phi) is 8.35. The first-order valence-electron chi connectivity index (χ1n) is 14.7. The van der Waals surface area contributed by atoms with Gasteiger partial charge in [-0.25, -0.2) is 31.5 Å². The molecule has 0 aliphatic carbocycles. The van der Waals surface area contributed by atoms with Crippen LogP contribution < -0.4 is 10.6 Å². The molecule has 0 unspecified atom stereocenters. The van der Waals surface area contributed by atoms with Crippen molar-refractivity contribution in [3.05, 3.63) is 88.4 Å². The number of amides is 1. The van der Waals surface area contributed by atoms with Gasteiger partial charge in [0.25, 0.3) is 0 Å². The Bertz CT molecular complexity index is 2150. The molecule has 16 heteroatoms. The summed E-state index contributed by atoms with van der Waals surface area (Å²) in [5.74, 6) is -3.14. The Morgan fingerprint density at radius 2 is 1.81 bits per heavy atom. The number of fused-ring (bicyclic) bond motifs is 1. The molecule has 4 aromatic rings. The van der Waals surface area contributed by atoms with Gasteiger partial charge >= 0.3 is 11.9 Å². The number of carbonyl (C=O) groups is 1. The number of hydrogen-bond acceptors (Lipinski definition) is 8. The summed E-state index contributed by atoms with van der Waals surface area (Å²) in [6.45, 7) is 6.09. The highest BCUT2D eigenvalue weighted by Crippen LogP contribution is 2.40. The summed E-state index contributed by atoms with van der Waals surface area (Å²) >= 11 is 0. The number of benzene rings is 2. The van der Waals surface area contributed by atoms with Crippen LogP contribution in [0.1, 0.15) is 24.0 Å². The number of carbonyl (C=O) groups excluding carboxylic acids is 1. The van der Waals surface area contributed by atoms with Crippen LogP contribution in [0.25, 0.3) is 28.0 Å². The van der Waals surface area contributed by atoms with Crippen LogP contribution in [-0.2, 0) is 25.5 Å². The molecule has 0 saturated carbocycles. The van der Waals surface area contributed by atoms with Gasteiger partial charge in [0.15, 0.2) is 15.5 Å². The zero-order chi connectivity index (χ0) is 34.7. The molecule has 2 saturated heterocycles. The third kappa shape index (κ3) is 5.83. The third-order valence-electron chi connectivity index (χ3n) is 8.46. The highest BCUT2D eigenvalue weighted by Gasteiger charge is 2.37. The smallest absolute Gasteiger partial charge is 0.380 e. The van der Waals surface area contributed by atoms with Crippen molar-refractivity contribution in [3.8, 4) is 16.9 Å². The third-order valence-corrected chi connectivity index (χ3v) is 9.59. The molecule has 10 nitrogen and oxygen atoms in total. The molecule has 1 amide bonds. The first-order valence-corrected chi connectivity index (χ1v) is 16.6. The maximum atomic E-state index is 16.1. The van der Waals surface area contributed by atoms with E-state index in [2.05, 4.69) is 16.5 Å². The van der Waals surface area contributed by atoms with Crippen LogP contribution >= 0.6 is 0 Å². The molecule has 4 heterocycles. The molecule has 0 radical (unpaired) electrons. The first kappa shape index (κ1) is 33.2. The molecular weight excluding hydrogens is 661 g/mol. The number of halogens is 5. The summed E-state index contributed by atoms with van der Waals surface area (Å²) in [6, 6.07) is 6.22. The predicted octanol–water partition coefficient (Wildman–Crippen LogP) is 4.49. The number of aromatic nitrogens is 3. The van der Waals surface area contributed by atoms with E-state index in [-0.39, 0.29) is 66.5 Å². The van der Waals surface area contributed by atoms with Gasteiger partial charge in [-0.2, -0.15) is 18.2 Å². The monoisotopic (exact) mass is 689 g/mol. The summed E-state index contributed by atoms with van der Waals surface area (Å²) in [5, 5.41) is -0.129. The highest BCUT2D eigenvalue weighted by molar-refractivity contribution is 7.90. The number of nitrogens with zero attached hydrogens (tertiary/aromatic N) is 5. The number of ether oxygens (including phenoxy) is 1. The standard InChI is InChI=1S/C32H28F5N5O5S/c1-4-26(43)40-10-11-41(17(2)14-40)29-22-13-24(34)27(21-12-19(33)8-9-23(21)32(35,36)37)38-30(22)42(31(44)39-29)28-20(18-15-47-16-18)6-5-7-25(28)48(3,45)46/h4-9,12-13,17-18H,1,10-11,14-16H2,2-3H3/t17-/m0/s1. The van der Waals surface area contributed by atoms with Gasteiger partial charge in [0, 0.05) is 43.4 Å². The van der Waals surface area contributed by atoms with Gasteiger partial charge in [-0.05, 0) is 48.9 Å². The average Bonchev–Trinajstić information content (AvgIpc) is 2.98. The van der Waals surface area contributed by atoms with Crippen LogP contribution in [-0.4, -0.2) is 78.9 Å². The van der Waals surface area contributed by atoms with Crippen molar-refractivity contribution in [2.45, 2.75) is 30.0 Å². The van der Waals surface area contributed by atoms with Crippen LogP contribution in [0.2, 0.25) is 0 Å².